The maximum atomic E-state index is 12.3. The van der Waals surface area contributed by atoms with E-state index in [2.05, 4.69) is 15.5 Å². The number of para-hydroxylation sites is 1. The highest BCUT2D eigenvalue weighted by molar-refractivity contribution is 7.99. The van der Waals surface area contributed by atoms with Crippen LogP contribution in [0.1, 0.15) is 18.4 Å². The number of anilines is 1. The summed E-state index contributed by atoms with van der Waals surface area (Å²) in [5.41, 5.74) is 3.90. The summed E-state index contributed by atoms with van der Waals surface area (Å²) in [6, 6.07) is 25.7. The van der Waals surface area contributed by atoms with E-state index in [1.165, 1.54) is 5.56 Å². The lowest BCUT2D eigenvalue weighted by Gasteiger charge is -2.11. The van der Waals surface area contributed by atoms with Crippen LogP contribution in [0.3, 0.4) is 0 Å². The Hall–Kier alpha value is -3.58. The molecule has 0 radical (unpaired) electrons. The van der Waals surface area contributed by atoms with Gasteiger partial charge in [0.1, 0.15) is 5.75 Å². The highest BCUT2D eigenvalue weighted by Gasteiger charge is 2.16. The van der Waals surface area contributed by atoms with E-state index >= 15 is 0 Å². The summed E-state index contributed by atoms with van der Waals surface area (Å²) in [4.78, 5) is 12.3. The number of ether oxygens (including phenoxy) is 1. The molecular weight excluding hydrogens is 432 g/mol. The van der Waals surface area contributed by atoms with Gasteiger partial charge in [0.2, 0.25) is 5.91 Å². The minimum absolute atomic E-state index is 0.0149. The zero-order chi connectivity index (χ0) is 23.0. The van der Waals surface area contributed by atoms with Crippen LogP contribution in [0.4, 0.5) is 5.69 Å². The molecule has 1 N–H and O–H groups in total. The fraction of sp³-hybridized carbons (Fsp3) is 0.192. The van der Waals surface area contributed by atoms with Crippen molar-refractivity contribution in [2.24, 2.45) is 0 Å². The van der Waals surface area contributed by atoms with Crippen LogP contribution in [0.15, 0.2) is 84.0 Å². The van der Waals surface area contributed by atoms with Crippen molar-refractivity contribution in [2.75, 3.05) is 18.2 Å². The molecule has 0 aliphatic rings. The van der Waals surface area contributed by atoms with Crippen molar-refractivity contribution in [3.63, 3.8) is 0 Å². The van der Waals surface area contributed by atoms with Crippen LogP contribution in [0.25, 0.3) is 17.1 Å². The lowest BCUT2D eigenvalue weighted by atomic mass is 10.2. The normalized spacial score (nSPS) is 10.7. The van der Waals surface area contributed by atoms with Gasteiger partial charge in [-0.1, -0.05) is 59.8 Å². The van der Waals surface area contributed by atoms with E-state index in [1.54, 1.807) is 18.9 Å². The summed E-state index contributed by atoms with van der Waals surface area (Å²) in [6.07, 6.45) is 1.18. The van der Waals surface area contributed by atoms with Crippen LogP contribution in [0.2, 0.25) is 0 Å². The first-order valence-corrected chi connectivity index (χ1v) is 11.8. The quantitative estimate of drug-likeness (QED) is 0.255. The Morgan fingerprint density at radius 2 is 1.79 bits per heavy atom. The molecule has 0 saturated carbocycles. The number of benzene rings is 3. The maximum Gasteiger partial charge on any atom is 0.224 e. The summed E-state index contributed by atoms with van der Waals surface area (Å²) in [5, 5.41) is 12.7. The van der Waals surface area contributed by atoms with Crippen LogP contribution in [-0.2, 0) is 4.79 Å². The van der Waals surface area contributed by atoms with Crippen molar-refractivity contribution in [1.82, 2.24) is 14.8 Å². The van der Waals surface area contributed by atoms with Crippen LogP contribution in [-0.4, -0.2) is 33.5 Å². The summed E-state index contributed by atoms with van der Waals surface area (Å²) in [7, 11) is 1.65. The molecule has 7 heteroatoms. The topological polar surface area (TPSA) is 69.0 Å². The van der Waals surface area contributed by atoms with E-state index in [-0.39, 0.29) is 5.91 Å². The van der Waals surface area contributed by atoms with Crippen molar-refractivity contribution in [1.29, 1.82) is 0 Å². The molecule has 0 unspecified atom stereocenters. The Morgan fingerprint density at radius 1 is 1.00 bits per heavy atom. The molecule has 0 aliphatic heterocycles. The second-order valence-corrected chi connectivity index (χ2v) is 8.64. The van der Waals surface area contributed by atoms with Crippen molar-refractivity contribution in [2.45, 2.75) is 24.9 Å². The number of nitrogens with zero attached hydrogens (tertiary/aromatic N) is 3. The number of methoxy groups -OCH3 is 1. The minimum Gasteiger partial charge on any atom is -0.497 e. The number of carbonyl (C=O) groups is 1. The van der Waals surface area contributed by atoms with E-state index in [9.17, 15) is 4.79 Å². The van der Waals surface area contributed by atoms with Gasteiger partial charge in [0.05, 0.1) is 7.11 Å². The predicted molar refractivity (Wildman–Crippen MR) is 133 cm³/mol. The van der Waals surface area contributed by atoms with Crippen molar-refractivity contribution in [3.8, 4) is 22.8 Å². The van der Waals surface area contributed by atoms with Crippen molar-refractivity contribution >= 4 is 23.4 Å². The van der Waals surface area contributed by atoms with Gasteiger partial charge in [0.15, 0.2) is 11.0 Å². The number of carbonyl (C=O) groups excluding carboxylic acids is 1. The Bertz CT molecular complexity index is 1210. The molecule has 0 saturated heterocycles. The number of amides is 1. The Balaban J connectivity index is 1.44. The molecule has 0 atom stereocenters. The molecule has 4 aromatic rings. The lowest BCUT2D eigenvalue weighted by Crippen LogP contribution is -2.11. The molecule has 4 rings (SSSR count). The Morgan fingerprint density at radius 3 is 2.55 bits per heavy atom. The van der Waals surface area contributed by atoms with E-state index in [4.69, 9.17) is 4.74 Å². The van der Waals surface area contributed by atoms with Crippen LogP contribution >= 0.6 is 11.8 Å². The van der Waals surface area contributed by atoms with Gasteiger partial charge in [-0.05, 0) is 49.7 Å². The molecule has 1 heterocycles. The van der Waals surface area contributed by atoms with Gasteiger partial charge >= 0.3 is 0 Å². The Labute approximate surface area is 198 Å². The molecule has 168 valence electrons. The zero-order valence-electron chi connectivity index (χ0n) is 18.7. The van der Waals surface area contributed by atoms with Gasteiger partial charge in [-0.25, -0.2) is 0 Å². The summed E-state index contributed by atoms with van der Waals surface area (Å²) in [5.74, 6) is 2.29. The van der Waals surface area contributed by atoms with Gasteiger partial charge in [-0.15, -0.1) is 10.2 Å². The number of aromatic nitrogens is 3. The summed E-state index contributed by atoms with van der Waals surface area (Å²) < 4.78 is 7.43. The second-order valence-electron chi connectivity index (χ2n) is 7.58. The number of nitrogens with one attached hydrogen (secondary N) is 1. The summed E-state index contributed by atoms with van der Waals surface area (Å²) in [6.45, 7) is 2.02. The van der Waals surface area contributed by atoms with Crippen LogP contribution < -0.4 is 10.1 Å². The van der Waals surface area contributed by atoms with Crippen molar-refractivity contribution in [3.05, 3.63) is 84.4 Å². The fourth-order valence-corrected chi connectivity index (χ4v) is 4.27. The average Bonchev–Trinajstić information content (AvgIpc) is 3.28. The maximum absolute atomic E-state index is 12.3. The fourth-order valence-electron chi connectivity index (χ4n) is 3.38. The number of hydrogen-bond acceptors (Lipinski definition) is 5. The van der Waals surface area contributed by atoms with Gasteiger partial charge in [0, 0.05) is 29.1 Å². The van der Waals surface area contributed by atoms with Gasteiger partial charge in [-0.3, -0.25) is 9.36 Å². The first-order chi connectivity index (χ1) is 16.1. The van der Waals surface area contributed by atoms with Gasteiger partial charge < -0.3 is 10.1 Å². The largest absolute Gasteiger partial charge is 0.497 e. The molecule has 0 bridgehead atoms. The number of hydrogen-bond donors (Lipinski definition) is 1. The molecule has 0 spiro atoms. The monoisotopic (exact) mass is 458 g/mol. The molecule has 6 nitrogen and oxygen atoms in total. The van der Waals surface area contributed by atoms with E-state index in [0.29, 0.717) is 6.42 Å². The lowest BCUT2D eigenvalue weighted by molar-refractivity contribution is -0.116. The van der Waals surface area contributed by atoms with Crippen molar-refractivity contribution < 1.29 is 9.53 Å². The first kappa shape index (κ1) is 22.6. The Kier molecular flexibility index (Phi) is 7.42. The van der Waals surface area contributed by atoms with Gasteiger partial charge in [-0.2, -0.15) is 0 Å². The summed E-state index contributed by atoms with van der Waals surface area (Å²) >= 11 is 1.60. The number of rotatable bonds is 9. The number of thioether (sulfide) groups is 1. The first-order valence-electron chi connectivity index (χ1n) is 10.8. The molecule has 1 aromatic heterocycles. The molecule has 0 fully saturated rings. The third-order valence-corrected chi connectivity index (χ3v) is 6.11. The molecule has 33 heavy (non-hydrogen) atoms. The SMILES string of the molecule is COc1cccc(-c2nnc(SCCCC(=O)Nc3ccc(C)cc3)n2-c2ccccc2)c1. The van der Waals surface area contributed by atoms with E-state index < -0.39 is 0 Å². The third kappa shape index (κ3) is 5.81. The molecule has 3 aromatic carbocycles. The number of aryl methyl sites for hydroxylation is 1. The smallest absolute Gasteiger partial charge is 0.224 e. The third-order valence-electron chi connectivity index (χ3n) is 5.09. The predicted octanol–water partition coefficient (Wildman–Crippen LogP) is 5.76. The molecule has 0 aliphatic carbocycles. The average molecular weight is 459 g/mol. The molecular formula is C26H26N4O2S. The highest BCUT2D eigenvalue weighted by atomic mass is 32.2. The zero-order valence-corrected chi connectivity index (χ0v) is 19.5. The molecule has 1 amide bonds. The van der Waals surface area contributed by atoms with Crippen LogP contribution in [0.5, 0.6) is 5.75 Å². The van der Waals surface area contributed by atoms with E-state index in [0.717, 1.165) is 45.8 Å². The second kappa shape index (κ2) is 10.8. The highest BCUT2D eigenvalue weighted by Crippen LogP contribution is 2.30. The van der Waals surface area contributed by atoms with Crippen LogP contribution in [0, 0.1) is 6.92 Å². The standard InChI is InChI=1S/C26H26N4O2S/c1-19-13-15-21(16-14-19)27-24(31)12-7-17-33-26-29-28-25(20-8-6-11-23(18-20)32-2)30(26)22-9-4-3-5-10-22/h3-6,8-11,13-16,18H,7,12,17H2,1-2H3,(H,27,31). The van der Waals surface area contributed by atoms with E-state index in [1.807, 2.05) is 90.4 Å². The minimum atomic E-state index is 0.0149. The van der Waals surface area contributed by atoms with Gasteiger partial charge in [0.25, 0.3) is 0 Å².